The lowest BCUT2D eigenvalue weighted by molar-refractivity contribution is 0.102. The van der Waals surface area contributed by atoms with Crippen LogP contribution in [-0.4, -0.2) is 17.6 Å². The van der Waals surface area contributed by atoms with Gasteiger partial charge in [-0.05, 0) is 42.7 Å². The van der Waals surface area contributed by atoms with E-state index in [2.05, 4.69) is 5.32 Å². The smallest absolute Gasteiger partial charge is 0.258 e. The van der Waals surface area contributed by atoms with Gasteiger partial charge < -0.3 is 10.4 Å². The zero-order valence-corrected chi connectivity index (χ0v) is 11.3. The fraction of sp³-hybridized carbons (Fsp3) is 0.188. The number of aliphatic hydroxyl groups is 1. The lowest BCUT2D eigenvalue weighted by Gasteiger charge is -2.08. The highest BCUT2D eigenvalue weighted by Crippen LogP contribution is 2.16. The van der Waals surface area contributed by atoms with Crippen molar-refractivity contribution in [2.45, 2.75) is 12.8 Å². The first-order valence-corrected chi connectivity index (χ1v) is 6.57. The first kappa shape index (κ1) is 15.1. The van der Waals surface area contributed by atoms with Crippen molar-refractivity contribution in [2.24, 2.45) is 0 Å². The third kappa shape index (κ3) is 3.86. The number of carbonyl (C=O) groups excluding carboxylic acids is 1. The maximum Gasteiger partial charge on any atom is 0.258 e. The van der Waals surface area contributed by atoms with Gasteiger partial charge in [-0.25, -0.2) is 8.78 Å². The van der Waals surface area contributed by atoms with Crippen molar-refractivity contribution in [3.8, 4) is 0 Å². The highest BCUT2D eigenvalue weighted by atomic mass is 19.2. The van der Waals surface area contributed by atoms with E-state index in [1.165, 1.54) is 12.1 Å². The molecule has 2 aromatic rings. The van der Waals surface area contributed by atoms with E-state index in [-0.39, 0.29) is 12.2 Å². The van der Waals surface area contributed by atoms with Crippen LogP contribution in [-0.2, 0) is 6.42 Å². The molecule has 0 aliphatic rings. The van der Waals surface area contributed by atoms with Gasteiger partial charge in [-0.3, -0.25) is 4.79 Å². The average Bonchev–Trinajstić information content (AvgIpc) is 2.48. The number of hydrogen-bond donors (Lipinski definition) is 2. The Morgan fingerprint density at radius 1 is 1.14 bits per heavy atom. The van der Waals surface area contributed by atoms with Crippen molar-refractivity contribution in [3.63, 3.8) is 0 Å². The van der Waals surface area contributed by atoms with Crippen LogP contribution < -0.4 is 5.32 Å². The van der Waals surface area contributed by atoms with E-state index in [1.807, 2.05) is 6.07 Å². The monoisotopic (exact) mass is 291 g/mol. The summed E-state index contributed by atoms with van der Waals surface area (Å²) in [5, 5.41) is 11.3. The fourth-order valence-electron chi connectivity index (χ4n) is 1.97. The Labute approximate surface area is 121 Å². The van der Waals surface area contributed by atoms with Gasteiger partial charge >= 0.3 is 0 Å². The van der Waals surface area contributed by atoms with Gasteiger partial charge in [0, 0.05) is 12.3 Å². The number of halogens is 2. The highest BCUT2D eigenvalue weighted by Gasteiger charge is 2.15. The van der Waals surface area contributed by atoms with Gasteiger partial charge in [0.2, 0.25) is 0 Å². The molecule has 21 heavy (non-hydrogen) atoms. The molecule has 0 unspecified atom stereocenters. The van der Waals surface area contributed by atoms with Gasteiger partial charge in [0.15, 0.2) is 11.6 Å². The molecule has 0 heterocycles. The Morgan fingerprint density at radius 2 is 1.90 bits per heavy atom. The third-order valence-corrected chi connectivity index (χ3v) is 3.00. The molecule has 0 spiro atoms. The first-order chi connectivity index (χ1) is 10.1. The van der Waals surface area contributed by atoms with Crippen LogP contribution in [0.15, 0.2) is 42.5 Å². The van der Waals surface area contributed by atoms with Crippen molar-refractivity contribution in [3.05, 3.63) is 65.2 Å². The van der Waals surface area contributed by atoms with E-state index in [0.717, 1.165) is 11.6 Å². The van der Waals surface area contributed by atoms with Crippen LogP contribution in [0.5, 0.6) is 0 Å². The Balaban J connectivity index is 2.14. The van der Waals surface area contributed by atoms with Crippen molar-refractivity contribution in [1.29, 1.82) is 0 Å². The minimum Gasteiger partial charge on any atom is -0.396 e. The second-order valence-electron chi connectivity index (χ2n) is 4.58. The topological polar surface area (TPSA) is 49.3 Å². The Hall–Kier alpha value is -2.27. The van der Waals surface area contributed by atoms with Gasteiger partial charge in [-0.2, -0.15) is 0 Å². The minimum absolute atomic E-state index is 0.0884. The molecule has 110 valence electrons. The molecular formula is C16H15F2NO2. The molecule has 0 fully saturated rings. The quantitative estimate of drug-likeness (QED) is 0.889. The molecule has 0 saturated carbocycles. The molecule has 0 aliphatic heterocycles. The first-order valence-electron chi connectivity index (χ1n) is 6.57. The van der Waals surface area contributed by atoms with E-state index < -0.39 is 17.5 Å². The summed E-state index contributed by atoms with van der Waals surface area (Å²) in [5.74, 6) is -2.92. The van der Waals surface area contributed by atoms with Crippen molar-refractivity contribution >= 4 is 11.6 Å². The van der Waals surface area contributed by atoms with E-state index >= 15 is 0 Å². The number of aryl methyl sites for hydroxylation is 1. The van der Waals surface area contributed by atoms with E-state index in [4.69, 9.17) is 5.11 Å². The molecule has 3 nitrogen and oxygen atoms in total. The summed E-state index contributed by atoms with van der Waals surface area (Å²) in [6.45, 7) is 0.0884. The van der Waals surface area contributed by atoms with E-state index in [1.54, 1.807) is 18.2 Å². The summed E-state index contributed by atoms with van der Waals surface area (Å²) in [7, 11) is 0. The number of hydrogen-bond acceptors (Lipinski definition) is 2. The van der Waals surface area contributed by atoms with Gasteiger partial charge in [0.05, 0.1) is 5.56 Å². The maximum atomic E-state index is 13.5. The number of carbonyl (C=O) groups is 1. The van der Waals surface area contributed by atoms with Gasteiger partial charge in [0.25, 0.3) is 5.91 Å². The molecule has 2 aromatic carbocycles. The number of anilines is 1. The van der Waals surface area contributed by atoms with Crippen molar-refractivity contribution < 1.29 is 18.7 Å². The zero-order valence-electron chi connectivity index (χ0n) is 11.3. The number of aliphatic hydroxyl groups excluding tert-OH is 1. The van der Waals surface area contributed by atoms with Gasteiger partial charge in [-0.15, -0.1) is 0 Å². The van der Waals surface area contributed by atoms with Crippen LogP contribution in [0, 0.1) is 11.6 Å². The normalized spacial score (nSPS) is 10.4. The minimum atomic E-state index is -1.16. The predicted octanol–water partition coefficient (Wildman–Crippen LogP) is 3.14. The fourth-order valence-corrected chi connectivity index (χ4v) is 1.97. The molecule has 0 saturated heterocycles. The second kappa shape index (κ2) is 6.95. The lowest BCUT2D eigenvalue weighted by atomic mass is 10.1. The molecule has 0 aliphatic carbocycles. The molecule has 1 amide bonds. The van der Waals surface area contributed by atoms with Gasteiger partial charge in [-0.1, -0.05) is 18.2 Å². The van der Waals surface area contributed by atoms with Crippen molar-refractivity contribution in [2.75, 3.05) is 11.9 Å². The SMILES string of the molecule is O=C(Nc1cccc(CCCO)c1)c1cccc(F)c1F. The van der Waals surface area contributed by atoms with E-state index in [9.17, 15) is 13.6 Å². The Bertz CT molecular complexity index is 644. The standard InChI is InChI=1S/C16H15F2NO2/c17-14-8-2-7-13(15(14)18)16(21)19-12-6-1-4-11(10-12)5-3-9-20/h1-2,4,6-8,10,20H,3,5,9H2,(H,19,21). The molecule has 0 aromatic heterocycles. The number of benzene rings is 2. The highest BCUT2D eigenvalue weighted by molar-refractivity contribution is 6.04. The predicted molar refractivity (Wildman–Crippen MR) is 76.2 cm³/mol. The lowest BCUT2D eigenvalue weighted by Crippen LogP contribution is -2.14. The summed E-state index contributed by atoms with van der Waals surface area (Å²) >= 11 is 0. The van der Waals surface area contributed by atoms with Crippen LogP contribution in [0.3, 0.4) is 0 Å². The van der Waals surface area contributed by atoms with Crippen LogP contribution in [0.4, 0.5) is 14.5 Å². The third-order valence-electron chi connectivity index (χ3n) is 3.00. The molecule has 0 atom stereocenters. The van der Waals surface area contributed by atoms with Crippen LogP contribution in [0.1, 0.15) is 22.3 Å². The van der Waals surface area contributed by atoms with Gasteiger partial charge in [0.1, 0.15) is 0 Å². The Morgan fingerprint density at radius 3 is 2.67 bits per heavy atom. The molecule has 0 radical (unpaired) electrons. The summed E-state index contributed by atoms with van der Waals surface area (Å²) < 4.78 is 26.6. The molecule has 0 bridgehead atoms. The molecule has 2 rings (SSSR count). The van der Waals surface area contributed by atoms with E-state index in [0.29, 0.717) is 18.5 Å². The number of amides is 1. The summed E-state index contributed by atoms with van der Waals surface area (Å²) in [6.07, 6.45) is 1.30. The Kier molecular flexibility index (Phi) is 5.00. The second-order valence-corrected chi connectivity index (χ2v) is 4.58. The van der Waals surface area contributed by atoms with Crippen LogP contribution in [0.2, 0.25) is 0 Å². The zero-order chi connectivity index (χ0) is 15.2. The summed E-state index contributed by atoms with van der Waals surface area (Å²) in [5.41, 5.74) is 1.11. The summed E-state index contributed by atoms with van der Waals surface area (Å²) in [4.78, 5) is 12.0. The number of nitrogens with one attached hydrogen (secondary N) is 1. The summed E-state index contributed by atoms with van der Waals surface area (Å²) in [6, 6.07) is 10.5. The average molecular weight is 291 g/mol. The maximum absolute atomic E-state index is 13.5. The van der Waals surface area contributed by atoms with Crippen LogP contribution >= 0.6 is 0 Å². The number of rotatable bonds is 5. The molecule has 5 heteroatoms. The van der Waals surface area contributed by atoms with Crippen molar-refractivity contribution in [1.82, 2.24) is 0 Å². The largest absolute Gasteiger partial charge is 0.396 e. The van der Waals surface area contributed by atoms with Crippen LogP contribution in [0.25, 0.3) is 0 Å². The molecular weight excluding hydrogens is 276 g/mol. The molecule has 2 N–H and O–H groups in total.